The van der Waals surface area contributed by atoms with E-state index < -0.39 is 0 Å². The Morgan fingerprint density at radius 1 is 1.16 bits per heavy atom. The van der Waals surface area contributed by atoms with Crippen LogP contribution in [-0.2, 0) is 0 Å². The highest BCUT2D eigenvalue weighted by molar-refractivity contribution is 5.44. The molecule has 1 aromatic carbocycles. The van der Waals surface area contributed by atoms with Gasteiger partial charge in [-0.2, -0.15) is 0 Å². The SMILES string of the molecule is COc1ccc(C(N(C)C)C(C)(C)CN)cc1OC. The molecule has 0 spiro atoms. The van der Waals surface area contributed by atoms with Crippen molar-refractivity contribution in [3.63, 3.8) is 0 Å². The van der Waals surface area contributed by atoms with Crippen molar-refractivity contribution in [1.82, 2.24) is 4.90 Å². The molecule has 2 N–H and O–H groups in total. The average Bonchev–Trinajstić information content (AvgIpc) is 2.37. The molecule has 1 unspecified atom stereocenters. The zero-order valence-electron chi connectivity index (χ0n) is 12.9. The van der Waals surface area contributed by atoms with Crippen molar-refractivity contribution in [1.29, 1.82) is 0 Å². The molecular weight excluding hydrogens is 240 g/mol. The van der Waals surface area contributed by atoms with E-state index >= 15 is 0 Å². The summed E-state index contributed by atoms with van der Waals surface area (Å²) in [6.45, 7) is 4.97. The molecule has 0 saturated carbocycles. The maximum atomic E-state index is 5.93. The first-order valence-electron chi connectivity index (χ1n) is 6.45. The first-order valence-corrected chi connectivity index (χ1v) is 6.45. The standard InChI is InChI=1S/C15H26N2O2/c1-15(2,10-16)14(17(3)4)11-7-8-12(18-5)13(9-11)19-6/h7-9,14H,10,16H2,1-6H3. The normalized spacial score (nSPS) is 13.5. The highest BCUT2D eigenvalue weighted by Crippen LogP contribution is 2.39. The second kappa shape index (κ2) is 6.26. The second-order valence-electron chi connectivity index (χ2n) is 5.67. The summed E-state index contributed by atoms with van der Waals surface area (Å²) in [6.07, 6.45) is 0. The molecule has 0 aromatic heterocycles. The maximum Gasteiger partial charge on any atom is 0.161 e. The number of hydrogen-bond acceptors (Lipinski definition) is 4. The summed E-state index contributed by atoms with van der Waals surface area (Å²) >= 11 is 0. The fraction of sp³-hybridized carbons (Fsp3) is 0.600. The molecule has 4 nitrogen and oxygen atoms in total. The van der Waals surface area contributed by atoms with Crippen molar-refractivity contribution in [3.8, 4) is 11.5 Å². The quantitative estimate of drug-likeness (QED) is 0.858. The Morgan fingerprint density at radius 2 is 1.74 bits per heavy atom. The van der Waals surface area contributed by atoms with Crippen molar-refractivity contribution < 1.29 is 9.47 Å². The molecule has 0 radical (unpaired) electrons. The fourth-order valence-corrected chi connectivity index (χ4v) is 2.58. The van der Waals surface area contributed by atoms with Gasteiger partial charge >= 0.3 is 0 Å². The van der Waals surface area contributed by atoms with E-state index in [1.807, 2.05) is 12.1 Å². The molecule has 1 aromatic rings. The van der Waals surface area contributed by atoms with Crippen LogP contribution < -0.4 is 15.2 Å². The first kappa shape index (κ1) is 15.8. The molecule has 108 valence electrons. The van der Waals surface area contributed by atoms with Crippen molar-refractivity contribution in [3.05, 3.63) is 23.8 Å². The molecular formula is C15H26N2O2. The lowest BCUT2D eigenvalue weighted by Gasteiger charge is -2.38. The summed E-state index contributed by atoms with van der Waals surface area (Å²) in [7, 11) is 7.43. The number of hydrogen-bond donors (Lipinski definition) is 1. The number of nitrogens with zero attached hydrogens (tertiary/aromatic N) is 1. The number of methoxy groups -OCH3 is 2. The average molecular weight is 266 g/mol. The Bertz CT molecular complexity index is 417. The Morgan fingerprint density at radius 3 is 2.16 bits per heavy atom. The largest absolute Gasteiger partial charge is 0.493 e. The van der Waals surface area contributed by atoms with E-state index in [1.54, 1.807) is 14.2 Å². The fourth-order valence-electron chi connectivity index (χ4n) is 2.58. The third-order valence-corrected chi connectivity index (χ3v) is 3.51. The smallest absolute Gasteiger partial charge is 0.161 e. The van der Waals surface area contributed by atoms with E-state index in [0.717, 1.165) is 11.5 Å². The van der Waals surface area contributed by atoms with E-state index in [4.69, 9.17) is 15.2 Å². The number of ether oxygens (including phenoxy) is 2. The Balaban J connectivity index is 3.25. The van der Waals surface area contributed by atoms with Gasteiger partial charge in [0.1, 0.15) is 0 Å². The van der Waals surface area contributed by atoms with Crippen LogP contribution in [0, 0.1) is 5.41 Å². The summed E-state index contributed by atoms with van der Waals surface area (Å²) in [5.41, 5.74) is 7.08. The zero-order valence-corrected chi connectivity index (χ0v) is 12.9. The molecule has 1 atom stereocenters. The van der Waals surface area contributed by atoms with E-state index in [2.05, 4.69) is 38.9 Å². The van der Waals surface area contributed by atoms with Gasteiger partial charge in [-0.05, 0) is 43.8 Å². The molecule has 19 heavy (non-hydrogen) atoms. The molecule has 0 aliphatic carbocycles. The minimum absolute atomic E-state index is 0.0247. The van der Waals surface area contributed by atoms with Gasteiger partial charge in [-0.15, -0.1) is 0 Å². The third-order valence-electron chi connectivity index (χ3n) is 3.51. The Labute approximate surface area is 116 Å². The molecule has 4 heteroatoms. The lowest BCUT2D eigenvalue weighted by Crippen LogP contribution is -2.38. The van der Waals surface area contributed by atoms with Crippen molar-refractivity contribution in [2.75, 3.05) is 34.9 Å². The van der Waals surface area contributed by atoms with Crippen LogP contribution in [0.3, 0.4) is 0 Å². The van der Waals surface area contributed by atoms with Gasteiger partial charge in [0.25, 0.3) is 0 Å². The molecule has 0 heterocycles. The van der Waals surface area contributed by atoms with Gasteiger partial charge in [-0.1, -0.05) is 19.9 Å². The van der Waals surface area contributed by atoms with Gasteiger partial charge in [0.15, 0.2) is 11.5 Å². The van der Waals surface area contributed by atoms with Gasteiger partial charge in [-0.3, -0.25) is 0 Å². The molecule has 0 aliphatic heterocycles. The topological polar surface area (TPSA) is 47.7 Å². The predicted molar refractivity (Wildman–Crippen MR) is 78.8 cm³/mol. The van der Waals surface area contributed by atoms with Crippen molar-refractivity contribution in [2.24, 2.45) is 11.1 Å². The molecule has 0 amide bonds. The summed E-state index contributed by atoms with van der Waals surface area (Å²) in [6, 6.07) is 6.26. The second-order valence-corrected chi connectivity index (χ2v) is 5.67. The van der Waals surface area contributed by atoms with Crippen LogP contribution in [0.15, 0.2) is 18.2 Å². The first-order chi connectivity index (χ1) is 8.87. The van der Waals surface area contributed by atoms with Crippen molar-refractivity contribution in [2.45, 2.75) is 19.9 Å². The lowest BCUT2D eigenvalue weighted by atomic mass is 9.79. The zero-order chi connectivity index (χ0) is 14.6. The van der Waals surface area contributed by atoms with Gasteiger partial charge < -0.3 is 20.1 Å². The van der Waals surface area contributed by atoms with E-state index in [1.165, 1.54) is 5.56 Å². The Hall–Kier alpha value is -1.26. The molecule has 0 saturated heterocycles. The summed E-state index contributed by atoms with van der Waals surface area (Å²) in [5, 5.41) is 0. The number of nitrogens with two attached hydrogens (primary N) is 1. The van der Waals surface area contributed by atoms with Crippen LogP contribution in [0.5, 0.6) is 11.5 Å². The minimum Gasteiger partial charge on any atom is -0.493 e. The van der Waals surface area contributed by atoms with Gasteiger partial charge in [0.05, 0.1) is 14.2 Å². The van der Waals surface area contributed by atoms with Gasteiger partial charge in [0.2, 0.25) is 0 Å². The summed E-state index contributed by atoms with van der Waals surface area (Å²) in [5.74, 6) is 1.49. The Kier molecular flexibility index (Phi) is 5.20. The van der Waals surface area contributed by atoms with Gasteiger partial charge in [0, 0.05) is 6.04 Å². The highest BCUT2D eigenvalue weighted by Gasteiger charge is 2.31. The highest BCUT2D eigenvalue weighted by atomic mass is 16.5. The number of rotatable bonds is 6. The summed E-state index contributed by atoms with van der Waals surface area (Å²) in [4.78, 5) is 2.19. The van der Waals surface area contributed by atoms with Gasteiger partial charge in [-0.25, -0.2) is 0 Å². The monoisotopic (exact) mass is 266 g/mol. The third kappa shape index (κ3) is 3.39. The maximum absolute atomic E-state index is 5.93. The lowest BCUT2D eigenvalue weighted by molar-refractivity contribution is 0.143. The molecule has 0 aliphatic rings. The van der Waals surface area contributed by atoms with Crippen LogP contribution in [0.4, 0.5) is 0 Å². The molecule has 0 fully saturated rings. The van der Waals surface area contributed by atoms with Crippen LogP contribution in [0.25, 0.3) is 0 Å². The predicted octanol–water partition coefficient (Wildman–Crippen LogP) is 2.29. The number of benzene rings is 1. The van der Waals surface area contributed by atoms with Crippen LogP contribution >= 0.6 is 0 Å². The van der Waals surface area contributed by atoms with E-state index in [9.17, 15) is 0 Å². The van der Waals surface area contributed by atoms with E-state index in [0.29, 0.717) is 6.54 Å². The van der Waals surface area contributed by atoms with Crippen molar-refractivity contribution >= 4 is 0 Å². The van der Waals surface area contributed by atoms with Crippen LogP contribution in [0.2, 0.25) is 0 Å². The molecule has 0 bridgehead atoms. The van der Waals surface area contributed by atoms with Crippen LogP contribution in [0.1, 0.15) is 25.5 Å². The van der Waals surface area contributed by atoms with Crippen LogP contribution in [-0.4, -0.2) is 39.8 Å². The van der Waals surface area contributed by atoms with E-state index in [-0.39, 0.29) is 11.5 Å². The molecule has 1 rings (SSSR count). The summed E-state index contributed by atoms with van der Waals surface area (Å²) < 4.78 is 10.7. The minimum atomic E-state index is -0.0247.